The van der Waals surface area contributed by atoms with Crippen LogP contribution >= 0.6 is 11.3 Å². The van der Waals surface area contributed by atoms with Gasteiger partial charge in [0.15, 0.2) is 0 Å². The average molecular weight is 340 g/mol. The molecule has 1 aliphatic carbocycles. The van der Waals surface area contributed by atoms with E-state index in [1.807, 2.05) is 48.8 Å². The maximum absolute atomic E-state index is 12.4. The molecule has 0 spiro atoms. The van der Waals surface area contributed by atoms with Crippen molar-refractivity contribution in [2.24, 2.45) is 5.92 Å². The predicted octanol–water partition coefficient (Wildman–Crippen LogP) is 3.57. The van der Waals surface area contributed by atoms with Gasteiger partial charge in [-0.25, -0.2) is 0 Å². The number of nitrogens with zero attached hydrogens (tertiary/aromatic N) is 2. The number of amides is 1. The van der Waals surface area contributed by atoms with Gasteiger partial charge in [0, 0.05) is 23.2 Å². The normalized spacial score (nSPS) is 19.3. The molecule has 1 amide bonds. The molecule has 1 aromatic carbocycles. The van der Waals surface area contributed by atoms with E-state index in [4.69, 9.17) is 10.00 Å². The van der Waals surface area contributed by atoms with Crippen molar-refractivity contribution in [3.63, 3.8) is 0 Å². The number of thiophene rings is 1. The molecule has 124 valence electrons. The predicted molar refractivity (Wildman–Crippen MR) is 93.3 cm³/mol. The molecule has 4 nitrogen and oxygen atoms in total. The van der Waals surface area contributed by atoms with E-state index in [0.29, 0.717) is 18.7 Å². The highest BCUT2D eigenvalue weighted by Crippen LogP contribution is 2.32. The van der Waals surface area contributed by atoms with Crippen LogP contribution in [0.25, 0.3) is 0 Å². The van der Waals surface area contributed by atoms with Gasteiger partial charge in [-0.05, 0) is 24.5 Å². The molecule has 24 heavy (non-hydrogen) atoms. The Morgan fingerprint density at radius 3 is 2.79 bits per heavy atom. The van der Waals surface area contributed by atoms with Crippen LogP contribution in [-0.4, -0.2) is 24.0 Å². The van der Waals surface area contributed by atoms with Crippen LogP contribution < -0.4 is 0 Å². The molecule has 1 heterocycles. The van der Waals surface area contributed by atoms with Crippen LogP contribution in [0, 0.1) is 17.2 Å². The molecule has 1 aliphatic rings. The minimum atomic E-state index is 0.0613. The van der Waals surface area contributed by atoms with Crippen LogP contribution in [-0.2, 0) is 22.7 Å². The summed E-state index contributed by atoms with van der Waals surface area (Å²) in [6.45, 7) is 1.17. The van der Waals surface area contributed by atoms with Gasteiger partial charge in [0.2, 0.25) is 5.91 Å². The van der Waals surface area contributed by atoms with Gasteiger partial charge < -0.3 is 9.64 Å². The minimum Gasteiger partial charge on any atom is -0.373 e. The van der Waals surface area contributed by atoms with E-state index in [9.17, 15) is 4.79 Å². The van der Waals surface area contributed by atoms with Crippen molar-refractivity contribution in [1.82, 2.24) is 4.90 Å². The van der Waals surface area contributed by atoms with Crippen LogP contribution in [0.3, 0.4) is 0 Å². The minimum absolute atomic E-state index is 0.0613. The van der Waals surface area contributed by atoms with Gasteiger partial charge >= 0.3 is 0 Å². The van der Waals surface area contributed by atoms with Gasteiger partial charge in [-0.1, -0.05) is 30.3 Å². The summed E-state index contributed by atoms with van der Waals surface area (Å²) in [5.41, 5.74) is 1.82. The number of rotatable bonds is 6. The number of ether oxygens (including phenoxy) is 1. The Hall–Kier alpha value is -2.16. The molecule has 0 radical (unpaired) electrons. The van der Waals surface area contributed by atoms with Crippen molar-refractivity contribution in [2.75, 3.05) is 7.05 Å². The van der Waals surface area contributed by atoms with Crippen LogP contribution in [0.4, 0.5) is 0 Å². The van der Waals surface area contributed by atoms with Crippen LogP contribution in [0.2, 0.25) is 0 Å². The Labute approximate surface area is 146 Å². The first kappa shape index (κ1) is 16.7. The highest BCUT2D eigenvalue weighted by molar-refractivity contribution is 7.10. The second kappa shape index (κ2) is 7.61. The van der Waals surface area contributed by atoms with Crippen molar-refractivity contribution in [2.45, 2.75) is 32.1 Å². The fourth-order valence-electron chi connectivity index (χ4n) is 2.84. The zero-order chi connectivity index (χ0) is 16.9. The van der Waals surface area contributed by atoms with Crippen molar-refractivity contribution in [3.8, 4) is 6.07 Å². The van der Waals surface area contributed by atoms with E-state index >= 15 is 0 Å². The van der Waals surface area contributed by atoms with Crippen LogP contribution in [0.15, 0.2) is 41.8 Å². The maximum atomic E-state index is 12.4. The second-order valence-electron chi connectivity index (χ2n) is 6.19. The van der Waals surface area contributed by atoms with Crippen LogP contribution in [0.5, 0.6) is 0 Å². The Kier molecular flexibility index (Phi) is 5.29. The van der Waals surface area contributed by atoms with E-state index in [-0.39, 0.29) is 17.9 Å². The number of benzene rings is 1. The number of hydrogen-bond donors (Lipinski definition) is 0. The summed E-state index contributed by atoms with van der Waals surface area (Å²) in [6, 6.07) is 14.1. The topological polar surface area (TPSA) is 53.3 Å². The molecule has 0 saturated heterocycles. The monoisotopic (exact) mass is 340 g/mol. The Bertz CT molecular complexity index is 729. The summed E-state index contributed by atoms with van der Waals surface area (Å²) >= 11 is 1.52. The van der Waals surface area contributed by atoms with Crippen molar-refractivity contribution >= 4 is 17.2 Å². The summed E-state index contributed by atoms with van der Waals surface area (Å²) in [7, 11) is 1.83. The van der Waals surface area contributed by atoms with Gasteiger partial charge in [-0.15, -0.1) is 11.3 Å². The zero-order valence-corrected chi connectivity index (χ0v) is 14.5. The third-order valence-electron chi connectivity index (χ3n) is 4.32. The molecule has 1 fully saturated rings. The van der Waals surface area contributed by atoms with Gasteiger partial charge in [-0.2, -0.15) is 5.26 Å². The highest BCUT2D eigenvalue weighted by atomic mass is 32.1. The largest absolute Gasteiger partial charge is 0.373 e. The summed E-state index contributed by atoms with van der Waals surface area (Å²) < 4.78 is 5.86. The fourth-order valence-corrected chi connectivity index (χ4v) is 3.70. The van der Waals surface area contributed by atoms with E-state index in [1.54, 1.807) is 4.90 Å². The lowest BCUT2D eigenvalue weighted by atomic mass is 9.81. The zero-order valence-electron chi connectivity index (χ0n) is 13.6. The average Bonchev–Trinajstić information content (AvgIpc) is 3.01. The molecule has 0 atom stereocenters. The third kappa shape index (κ3) is 4.02. The summed E-state index contributed by atoms with van der Waals surface area (Å²) in [5, 5.41) is 10.7. The number of carbonyl (C=O) groups is 1. The lowest BCUT2D eigenvalue weighted by Gasteiger charge is -2.36. The number of hydrogen-bond acceptors (Lipinski definition) is 4. The smallest absolute Gasteiger partial charge is 0.225 e. The Morgan fingerprint density at radius 2 is 2.12 bits per heavy atom. The fraction of sp³-hybridized carbons (Fsp3) is 0.368. The maximum Gasteiger partial charge on any atom is 0.225 e. The second-order valence-corrected chi connectivity index (χ2v) is 7.19. The lowest BCUT2D eigenvalue weighted by molar-refractivity contribution is -0.144. The first-order valence-corrected chi connectivity index (χ1v) is 8.91. The van der Waals surface area contributed by atoms with E-state index in [1.165, 1.54) is 11.3 Å². The Balaban J connectivity index is 1.41. The summed E-state index contributed by atoms with van der Waals surface area (Å²) in [4.78, 5) is 15.2. The molecular formula is C19H20N2O2S. The van der Waals surface area contributed by atoms with Gasteiger partial charge in [-0.3, -0.25) is 4.79 Å². The van der Waals surface area contributed by atoms with Crippen molar-refractivity contribution in [1.29, 1.82) is 5.26 Å². The van der Waals surface area contributed by atoms with E-state index < -0.39 is 0 Å². The Morgan fingerprint density at radius 1 is 1.38 bits per heavy atom. The quantitative estimate of drug-likeness (QED) is 0.808. The molecule has 0 bridgehead atoms. The van der Waals surface area contributed by atoms with Crippen molar-refractivity contribution in [3.05, 3.63) is 57.8 Å². The first-order valence-electron chi connectivity index (χ1n) is 8.03. The molecule has 1 aromatic heterocycles. The first-order chi connectivity index (χ1) is 11.7. The van der Waals surface area contributed by atoms with Gasteiger partial charge in [0.1, 0.15) is 6.07 Å². The van der Waals surface area contributed by atoms with E-state index in [2.05, 4.69) is 6.07 Å². The van der Waals surface area contributed by atoms with Crippen molar-refractivity contribution < 1.29 is 9.53 Å². The molecular weight excluding hydrogens is 320 g/mol. The van der Waals surface area contributed by atoms with Gasteiger partial charge in [0.25, 0.3) is 0 Å². The summed E-state index contributed by atoms with van der Waals surface area (Å²) in [5.74, 6) is 0.229. The van der Waals surface area contributed by atoms with Crippen LogP contribution in [0.1, 0.15) is 28.8 Å². The van der Waals surface area contributed by atoms with Gasteiger partial charge in [0.05, 0.1) is 24.8 Å². The molecule has 0 unspecified atom stereocenters. The molecule has 3 rings (SSSR count). The number of carbonyl (C=O) groups excluding carboxylic acids is 1. The number of nitriles is 1. The lowest BCUT2D eigenvalue weighted by Crippen LogP contribution is -2.42. The highest BCUT2D eigenvalue weighted by Gasteiger charge is 2.36. The molecule has 5 heteroatoms. The summed E-state index contributed by atoms with van der Waals surface area (Å²) in [6.07, 6.45) is 1.77. The molecule has 1 saturated carbocycles. The standard InChI is InChI=1S/C19H20N2O2S/c1-21(11-18-7-15(10-20)13-24-18)19(22)16-8-17(9-16)23-12-14-5-3-2-4-6-14/h2-7,13,16-17H,8-9,11-12H2,1H3. The van der Waals surface area contributed by atoms with E-state index in [0.717, 1.165) is 23.3 Å². The molecule has 0 aliphatic heterocycles. The SMILES string of the molecule is CN(Cc1cc(C#N)cs1)C(=O)C1CC(OCc2ccccc2)C1. The molecule has 0 N–H and O–H groups in total. The molecule has 2 aromatic rings. The third-order valence-corrected chi connectivity index (χ3v) is 5.25.